The number of nitrogens with zero attached hydrogens (tertiary/aromatic N) is 1. The third-order valence-electron chi connectivity index (χ3n) is 4.72. The molecule has 1 atom stereocenters. The normalized spacial score (nSPS) is 16.7. The Bertz CT molecular complexity index is 768. The zero-order valence-corrected chi connectivity index (χ0v) is 15.7. The Morgan fingerprint density at radius 2 is 2.19 bits per heavy atom. The molecule has 1 aromatic carbocycles. The van der Waals surface area contributed by atoms with Gasteiger partial charge in [0.05, 0.1) is 6.10 Å². The van der Waals surface area contributed by atoms with Crippen molar-refractivity contribution in [3.8, 4) is 0 Å². The molecule has 1 amide bonds. The van der Waals surface area contributed by atoms with Crippen LogP contribution >= 0.6 is 0 Å². The lowest BCUT2D eigenvalue weighted by atomic mass is 9.98. The van der Waals surface area contributed by atoms with Gasteiger partial charge in [-0.2, -0.15) is 0 Å². The van der Waals surface area contributed by atoms with Crippen molar-refractivity contribution in [1.29, 1.82) is 0 Å². The summed E-state index contributed by atoms with van der Waals surface area (Å²) < 4.78 is 5.62. The van der Waals surface area contributed by atoms with Crippen molar-refractivity contribution in [2.75, 3.05) is 23.8 Å². The van der Waals surface area contributed by atoms with E-state index in [0.717, 1.165) is 48.5 Å². The number of pyridine rings is 1. The third-order valence-corrected chi connectivity index (χ3v) is 4.72. The Hall–Kier alpha value is -2.40. The van der Waals surface area contributed by atoms with Crippen LogP contribution in [0.5, 0.6) is 0 Å². The Kier molecular flexibility index (Phi) is 5.89. The zero-order chi connectivity index (χ0) is 18.5. The van der Waals surface area contributed by atoms with Crippen molar-refractivity contribution >= 4 is 17.3 Å². The Labute approximate surface area is 155 Å². The van der Waals surface area contributed by atoms with Gasteiger partial charge in [0.1, 0.15) is 5.69 Å². The molecule has 1 aromatic heterocycles. The number of amides is 1. The summed E-state index contributed by atoms with van der Waals surface area (Å²) in [5.41, 5.74) is 4.35. The molecule has 0 saturated carbocycles. The van der Waals surface area contributed by atoms with Crippen LogP contribution in [-0.4, -0.2) is 30.1 Å². The lowest BCUT2D eigenvalue weighted by molar-refractivity contribution is 0.102. The van der Waals surface area contributed by atoms with Gasteiger partial charge in [0.25, 0.3) is 5.91 Å². The highest BCUT2D eigenvalue weighted by Gasteiger charge is 2.16. The average Bonchev–Trinajstić information content (AvgIpc) is 3.15. The van der Waals surface area contributed by atoms with Crippen molar-refractivity contribution in [3.63, 3.8) is 0 Å². The quantitative estimate of drug-likeness (QED) is 0.810. The smallest absolute Gasteiger partial charge is 0.274 e. The van der Waals surface area contributed by atoms with Gasteiger partial charge in [-0.25, -0.2) is 0 Å². The molecule has 5 heteroatoms. The lowest BCUT2D eigenvalue weighted by Crippen LogP contribution is -2.19. The first-order valence-corrected chi connectivity index (χ1v) is 9.27. The van der Waals surface area contributed by atoms with E-state index < -0.39 is 0 Å². The highest BCUT2D eigenvalue weighted by molar-refractivity contribution is 6.04. The Balaban J connectivity index is 1.71. The molecule has 2 N–H and O–H groups in total. The van der Waals surface area contributed by atoms with Gasteiger partial charge in [0, 0.05) is 30.7 Å². The monoisotopic (exact) mass is 353 g/mol. The molecule has 0 aliphatic carbocycles. The van der Waals surface area contributed by atoms with Crippen LogP contribution in [0.4, 0.5) is 11.4 Å². The fraction of sp³-hybridized carbons (Fsp3) is 0.429. The minimum absolute atomic E-state index is 0.193. The molecule has 1 aliphatic rings. The van der Waals surface area contributed by atoms with Gasteiger partial charge < -0.3 is 15.4 Å². The fourth-order valence-corrected chi connectivity index (χ4v) is 3.22. The van der Waals surface area contributed by atoms with E-state index in [0.29, 0.717) is 11.6 Å². The van der Waals surface area contributed by atoms with E-state index in [-0.39, 0.29) is 12.0 Å². The minimum Gasteiger partial charge on any atom is -0.382 e. The molecule has 1 saturated heterocycles. The molecule has 0 radical (unpaired) electrons. The minimum atomic E-state index is -0.193. The van der Waals surface area contributed by atoms with Crippen LogP contribution < -0.4 is 10.6 Å². The number of aromatic nitrogens is 1. The zero-order valence-electron chi connectivity index (χ0n) is 15.7. The van der Waals surface area contributed by atoms with Crippen LogP contribution in [0.15, 0.2) is 36.5 Å². The van der Waals surface area contributed by atoms with E-state index in [1.807, 2.05) is 25.1 Å². The number of rotatable bonds is 6. The molecular weight excluding hydrogens is 326 g/mol. The molecule has 1 fully saturated rings. The first kappa shape index (κ1) is 18.4. The van der Waals surface area contributed by atoms with Crippen LogP contribution in [0, 0.1) is 6.92 Å². The summed E-state index contributed by atoms with van der Waals surface area (Å²) in [6.45, 7) is 7.84. The van der Waals surface area contributed by atoms with Gasteiger partial charge in [-0.15, -0.1) is 0 Å². The number of hydrogen-bond acceptors (Lipinski definition) is 4. The molecule has 26 heavy (non-hydrogen) atoms. The van der Waals surface area contributed by atoms with E-state index >= 15 is 0 Å². The van der Waals surface area contributed by atoms with Crippen molar-refractivity contribution in [2.24, 2.45) is 0 Å². The average molecular weight is 353 g/mol. The van der Waals surface area contributed by atoms with Crippen LogP contribution in [0.1, 0.15) is 54.2 Å². The maximum Gasteiger partial charge on any atom is 0.274 e. The van der Waals surface area contributed by atoms with E-state index in [4.69, 9.17) is 4.74 Å². The third kappa shape index (κ3) is 4.41. The summed E-state index contributed by atoms with van der Waals surface area (Å²) in [7, 11) is 0. The largest absolute Gasteiger partial charge is 0.382 e. The van der Waals surface area contributed by atoms with Gasteiger partial charge in [-0.1, -0.05) is 32.0 Å². The van der Waals surface area contributed by atoms with E-state index in [1.165, 1.54) is 0 Å². The molecule has 1 unspecified atom stereocenters. The number of hydrogen-bond donors (Lipinski definition) is 2. The summed E-state index contributed by atoms with van der Waals surface area (Å²) in [5, 5.41) is 6.39. The maximum atomic E-state index is 12.7. The number of aryl methyl sites for hydroxylation is 1. The van der Waals surface area contributed by atoms with Crippen LogP contribution in [-0.2, 0) is 4.74 Å². The van der Waals surface area contributed by atoms with Gasteiger partial charge in [0.15, 0.2) is 0 Å². The second-order valence-corrected chi connectivity index (χ2v) is 7.09. The number of anilines is 2. The van der Waals surface area contributed by atoms with Crippen LogP contribution in [0.2, 0.25) is 0 Å². The van der Waals surface area contributed by atoms with E-state index in [1.54, 1.807) is 12.3 Å². The number of carbonyl (C=O) groups excluding carboxylic acids is 1. The summed E-state index contributed by atoms with van der Waals surface area (Å²) >= 11 is 0. The van der Waals surface area contributed by atoms with E-state index in [2.05, 4.69) is 35.5 Å². The number of ether oxygens (including phenoxy) is 1. The van der Waals surface area contributed by atoms with Crippen LogP contribution in [0.25, 0.3) is 0 Å². The van der Waals surface area contributed by atoms with Crippen molar-refractivity contribution < 1.29 is 9.53 Å². The first-order chi connectivity index (χ1) is 12.5. The highest BCUT2D eigenvalue weighted by Crippen LogP contribution is 2.28. The first-order valence-electron chi connectivity index (χ1n) is 9.27. The van der Waals surface area contributed by atoms with Gasteiger partial charge in [0.2, 0.25) is 0 Å². The summed E-state index contributed by atoms with van der Waals surface area (Å²) in [6, 6.07) is 9.75. The predicted molar refractivity (Wildman–Crippen MR) is 105 cm³/mol. The molecule has 0 spiro atoms. The van der Waals surface area contributed by atoms with Crippen molar-refractivity contribution in [1.82, 2.24) is 4.98 Å². The number of carbonyl (C=O) groups is 1. The molecule has 5 nitrogen and oxygen atoms in total. The second kappa shape index (κ2) is 8.32. The predicted octanol–water partition coefficient (Wildman–Crippen LogP) is 4.36. The number of benzene rings is 1. The molecule has 0 bridgehead atoms. The van der Waals surface area contributed by atoms with Crippen molar-refractivity contribution in [2.45, 2.75) is 45.6 Å². The lowest BCUT2D eigenvalue weighted by Gasteiger charge is -2.16. The highest BCUT2D eigenvalue weighted by atomic mass is 16.5. The summed E-state index contributed by atoms with van der Waals surface area (Å²) in [6.07, 6.45) is 4.11. The summed E-state index contributed by atoms with van der Waals surface area (Å²) in [5.74, 6) is 0.138. The van der Waals surface area contributed by atoms with Crippen molar-refractivity contribution in [3.05, 3.63) is 53.3 Å². The molecule has 2 heterocycles. The number of nitrogens with one attached hydrogen (secondary N) is 2. The van der Waals surface area contributed by atoms with Gasteiger partial charge in [-0.05, 0) is 48.9 Å². The molecule has 1 aliphatic heterocycles. The van der Waals surface area contributed by atoms with E-state index in [9.17, 15) is 4.79 Å². The maximum absolute atomic E-state index is 12.7. The number of para-hydroxylation sites is 1. The Morgan fingerprint density at radius 1 is 1.35 bits per heavy atom. The molecule has 138 valence electrons. The summed E-state index contributed by atoms with van der Waals surface area (Å²) in [4.78, 5) is 17.0. The van der Waals surface area contributed by atoms with Crippen LogP contribution in [0.3, 0.4) is 0 Å². The standard InChI is InChI=1S/C21H27N3O2/c1-14(2)18-8-4-6-15(3)20(18)24-21(25)19-12-16(9-10-22-19)23-13-17-7-5-11-26-17/h4,6,8-10,12,14,17H,5,7,11,13H2,1-3H3,(H,22,23)(H,24,25). The molecule has 3 rings (SSSR count). The SMILES string of the molecule is Cc1cccc(C(C)C)c1NC(=O)c1cc(NCC2CCCO2)ccn1. The van der Waals surface area contributed by atoms with Gasteiger partial charge in [-0.3, -0.25) is 9.78 Å². The Morgan fingerprint density at radius 3 is 2.92 bits per heavy atom. The topological polar surface area (TPSA) is 63.2 Å². The molecular formula is C21H27N3O2. The molecule has 2 aromatic rings. The fourth-order valence-electron chi connectivity index (χ4n) is 3.22. The second-order valence-electron chi connectivity index (χ2n) is 7.09. The van der Waals surface area contributed by atoms with Gasteiger partial charge >= 0.3 is 0 Å².